The van der Waals surface area contributed by atoms with E-state index < -0.39 is 0 Å². The van der Waals surface area contributed by atoms with Gasteiger partial charge in [-0.15, -0.1) is 11.3 Å². The van der Waals surface area contributed by atoms with Crippen LogP contribution in [0.3, 0.4) is 0 Å². The van der Waals surface area contributed by atoms with Crippen LogP contribution in [-0.2, 0) is 0 Å². The lowest BCUT2D eigenvalue weighted by Gasteiger charge is -2.44. The summed E-state index contributed by atoms with van der Waals surface area (Å²) in [4.78, 5) is 4.43. The lowest BCUT2D eigenvalue weighted by molar-refractivity contribution is 0.175. The van der Waals surface area contributed by atoms with Crippen LogP contribution >= 0.6 is 23.1 Å². The van der Waals surface area contributed by atoms with Gasteiger partial charge in [-0.3, -0.25) is 0 Å². The minimum Gasteiger partial charge on any atom is -0.312 e. The molecule has 0 aliphatic heterocycles. The number of thioether (sulfide) groups is 1. The van der Waals surface area contributed by atoms with Crippen molar-refractivity contribution in [2.75, 3.05) is 6.54 Å². The number of rotatable bonds is 5. The maximum Gasteiger partial charge on any atom is 0.150 e. The van der Waals surface area contributed by atoms with E-state index in [0.717, 1.165) is 6.54 Å². The third-order valence-corrected chi connectivity index (χ3v) is 6.06. The van der Waals surface area contributed by atoms with Crippen LogP contribution in [0.5, 0.6) is 0 Å². The fourth-order valence-corrected chi connectivity index (χ4v) is 5.20. The van der Waals surface area contributed by atoms with Crippen LogP contribution < -0.4 is 5.32 Å². The molecule has 0 amide bonds. The smallest absolute Gasteiger partial charge is 0.150 e. The molecule has 1 saturated carbocycles. The van der Waals surface area contributed by atoms with Crippen molar-refractivity contribution in [3.05, 3.63) is 11.6 Å². The summed E-state index contributed by atoms with van der Waals surface area (Å²) in [6.45, 7) is 8.19. The molecule has 18 heavy (non-hydrogen) atoms. The maximum absolute atomic E-state index is 4.43. The van der Waals surface area contributed by atoms with Crippen LogP contribution in [0.2, 0.25) is 0 Å². The predicted octanol–water partition coefficient (Wildman–Crippen LogP) is 4.18. The molecule has 1 aromatic rings. The van der Waals surface area contributed by atoms with Crippen LogP contribution in [0.4, 0.5) is 0 Å². The van der Waals surface area contributed by atoms with Crippen LogP contribution in [0.25, 0.3) is 0 Å². The Morgan fingerprint density at radius 1 is 1.56 bits per heavy atom. The van der Waals surface area contributed by atoms with Gasteiger partial charge in [-0.05, 0) is 31.2 Å². The van der Waals surface area contributed by atoms with Gasteiger partial charge < -0.3 is 5.32 Å². The molecule has 1 fully saturated rings. The Morgan fingerprint density at radius 3 is 3.06 bits per heavy atom. The van der Waals surface area contributed by atoms with Gasteiger partial charge in [0, 0.05) is 22.9 Å². The van der Waals surface area contributed by atoms with Gasteiger partial charge in [-0.25, -0.2) is 4.98 Å². The first-order chi connectivity index (χ1) is 8.63. The largest absolute Gasteiger partial charge is 0.312 e. The Morgan fingerprint density at radius 2 is 2.39 bits per heavy atom. The van der Waals surface area contributed by atoms with Gasteiger partial charge >= 0.3 is 0 Å². The highest BCUT2D eigenvalue weighted by atomic mass is 32.2. The predicted molar refractivity (Wildman–Crippen MR) is 81.5 cm³/mol. The zero-order valence-electron chi connectivity index (χ0n) is 11.6. The van der Waals surface area contributed by atoms with Crippen molar-refractivity contribution in [1.29, 1.82) is 0 Å². The molecule has 0 bridgehead atoms. The molecular formula is C14H24N2S2. The van der Waals surface area contributed by atoms with Gasteiger partial charge in [0.25, 0.3) is 0 Å². The van der Waals surface area contributed by atoms with Crippen LogP contribution in [0, 0.1) is 5.41 Å². The molecule has 2 nitrogen and oxygen atoms in total. The van der Waals surface area contributed by atoms with Crippen molar-refractivity contribution in [3.63, 3.8) is 0 Å². The molecule has 0 radical (unpaired) electrons. The van der Waals surface area contributed by atoms with E-state index in [1.54, 1.807) is 11.3 Å². The average Bonchev–Trinajstić information content (AvgIpc) is 2.80. The van der Waals surface area contributed by atoms with Crippen molar-refractivity contribution in [2.45, 2.75) is 62.1 Å². The highest BCUT2D eigenvalue weighted by Gasteiger charge is 2.39. The molecule has 1 N–H and O–H groups in total. The Labute approximate surface area is 119 Å². The van der Waals surface area contributed by atoms with Crippen LogP contribution in [0.1, 0.15) is 46.5 Å². The average molecular weight is 284 g/mol. The molecule has 1 aliphatic rings. The number of hydrogen-bond acceptors (Lipinski definition) is 4. The van der Waals surface area contributed by atoms with E-state index in [1.807, 2.05) is 18.0 Å². The number of nitrogens with one attached hydrogen (secondary N) is 1. The highest BCUT2D eigenvalue weighted by molar-refractivity contribution is 8.01. The molecule has 2 atom stereocenters. The Bertz CT molecular complexity index is 349. The summed E-state index contributed by atoms with van der Waals surface area (Å²) in [5.41, 5.74) is 0.405. The first kappa shape index (κ1) is 14.4. The second kappa shape index (κ2) is 6.40. The molecule has 1 aliphatic carbocycles. The minimum absolute atomic E-state index is 0.405. The van der Waals surface area contributed by atoms with Gasteiger partial charge in [0.15, 0.2) is 0 Å². The first-order valence-electron chi connectivity index (χ1n) is 6.93. The molecule has 1 aromatic heterocycles. The summed E-state index contributed by atoms with van der Waals surface area (Å²) >= 11 is 3.74. The van der Waals surface area contributed by atoms with Gasteiger partial charge in [0.1, 0.15) is 4.34 Å². The summed E-state index contributed by atoms with van der Waals surface area (Å²) in [5, 5.41) is 6.53. The molecule has 2 unspecified atom stereocenters. The van der Waals surface area contributed by atoms with Gasteiger partial charge in [0.2, 0.25) is 0 Å². The summed E-state index contributed by atoms with van der Waals surface area (Å²) in [5.74, 6) is 0. The minimum atomic E-state index is 0.405. The molecule has 0 spiro atoms. The van der Waals surface area contributed by atoms with Crippen molar-refractivity contribution in [2.24, 2.45) is 5.41 Å². The normalized spacial score (nSPS) is 27.3. The Hall–Kier alpha value is -0.0600. The molecule has 102 valence electrons. The summed E-state index contributed by atoms with van der Waals surface area (Å²) < 4.78 is 1.22. The van der Waals surface area contributed by atoms with Crippen molar-refractivity contribution in [3.8, 4) is 0 Å². The Balaban J connectivity index is 2.05. The number of thiazole rings is 1. The summed E-state index contributed by atoms with van der Waals surface area (Å²) in [6.07, 6.45) is 7.12. The SMILES string of the molecule is CCCNC1C(Sc2nccs2)CCCC1(C)C. The van der Waals surface area contributed by atoms with E-state index in [2.05, 4.69) is 36.5 Å². The number of hydrogen-bond donors (Lipinski definition) is 1. The lowest BCUT2D eigenvalue weighted by atomic mass is 9.73. The van der Waals surface area contributed by atoms with E-state index in [0.29, 0.717) is 16.7 Å². The van der Waals surface area contributed by atoms with Crippen molar-refractivity contribution < 1.29 is 0 Å². The number of nitrogens with zero attached hydrogens (tertiary/aromatic N) is 1. The zero-order valence-corrected chi connectivity index (χ0v) is 13.2. The number of aromatic nitrogens is 1. The molecule has 0 aromatic carbocycles. The molecule has 1 heterocycles. The van der Waals surface area contributed by atoms with Gasteiger partial charge in [-0.2, -0.15) is 0 Å². The summed E-state index contributed by atoms with van der Waals surface area (Å²) in [7, 11) is 0. The standard InChI is InChI=1S/C14H24N2S2/c1-4-8-15-12-11(6-5-7-14(12,2)3)18-13-16-9-10-17-13/h9-12,15H,4-8H2,1-3H3. The van der Waals surface area contributed by atoms with Gasteiger partial charge in [-0.1, -0.05) is 39.0 Å². The molecular weight excluding hydrogens is 260 g/mol. The molecule has 4 heteroatoms. The fourth-order valence-electron chi connectivity index (χ4n) is 2.82. The third-order valence-electron chi connectivity index (χ3n) is 3.80. The lowest BCUT2D eigenvalue weighted by Crippen LogP contribution is -2.51. The topological polar surface area (TPSA) is 24.9 Å². The van der Waals surface area contributed by atoms with E-state index >= 15 is 0 Å². The molecule has 0 saturated heterocycles. The van der Waals surface area contributed by atoms with Crippen LogP contribution in [-0.4, -0.2) is 22.8 Å². The fraction of sp³-hybridized carbons (Fsp3) is 0.786. The highest BCUT2D eigenvalue weighted by Crippen LogP contribution is 2.43. The first-order valence-corrected chi connectivity index (χ1v) is 8.69. The van der Waals surface area contributed by atoms with E-state index in [4.69, 9.17) is 0 Å². The molecule has 2 rings (SSSR count). The second-order valence-electron chi connectivity index (χ2n) is 5.77. The van der Waals surface area contributed by atoms with Gasteiger partial charge in [0.05, 0.1) is 0 Å². The second-order valence-corrected chi connectivity index (χ2v) is 8.15. The van der Waals surface area contributed by atoms with E-state index in [9.17, 15) is 0 Å². The monoisotopic (exact) mass is 284 g/mol. The third kappa shape index (κ3) is 3.49. The van der Waals surface area contributed by atoms with Crippen molar-refractivity contribution in [1.82, 2.24) is 10.3 Å². The summed E-state index contributed by atoms with van der Waals surface area (Å²) in [6, 6.07) is 0.611. The zero-order chi connectivity index (χ0) is 13.0. The maximum atomic E-state index is 4.43. The quantitative estimate of drug-likeness (QED) is 0.878. The van der Waals surface area contributed by atoms with Crippen LogP contribution in [0.15, 0.2) is 15.9 Å². The Kier molecular flexibility index (Phi) is 5.10. The van der Waals surface area contributed by atoms with Crippen molar-refractivity contribution >= 4 is 23.1 Å². The van der Waals surface area contributed by atoms with E-state index in [1.165, 1.54) is 30.0 Å². The van der Waals surface area contributed by atoms with E-state index in [-0.39, 0.29) is 0 Å².